The van der Waals surface area contributed by atoms with Crippen LogP contribution in [-0.2, 0) is 0 Å². The second-order valence-corrected chi connectivity index (χ2v) is 6.08. The third-order valence-electron chi connectivity index (χ3n) is 3.31. The third kappa shape index (κ3) is 4.51. The Morgan fingerprint density at radius 1 is 1.10 bits per heavy atom. The fourth-order valence-electron chi connectivity index (χ4n) is 2.22. The standard InChI is InChI=1S/C14H25N5S/c1-3-5-8-11-20-14-17-12(15-4-2)16-13(18-14)19-9-6-7-10-19/h3-11H2,1-2H3,(H,15,16,17,18). The molecule has 5 nitrogen and oxygen atoms in total. The highest BCUT2D eigenvalue weighted by atomic mass is 32.2. The Kier molecular flexibility index (Phi) is 6.36. The lowest BCUT2D eigenvalue weighted by Gasteiger charge is -2.16. The molecule has 6 heteroatoms. The predicted octanol–water partition coefficient (Wildman–Crippen LogP) is 3.19. The first kappa shape index (κ1) is 15.4. The lowest BCUT2D eigenvalue weighted by Crippen LogP contribution is -2.21. The molecule has 1 aliphatic rings. The summed E-state index contributed by atoms with van der Waals surface area (Å²) in [5, 5.41) is 4.07. The summed E-state index contributed by atoms with van der Waals surface area (Å²) in [6, 6.07) is 0. The van der Waals surface area contributed by atoms with Gasteiger partial charge in [0.05, 0.1) is 0 Å². The first-order chi connectivity index (χ1) is 9.83. The Morgan fingerprint density at radius 3 is 2.60 bits per heavy atom. The number of unbranched alkanes of at least 4 members (excludes halogenated alkanes) is 2. The van der Waals surface area contributed by atoms with Gasteiger partial charge in [-0.25, -0.2) is 0 Å². The minimum absolute atomic E-state index is 0.711. The highest BCUT2D eigenvalue weighted by Gasteiger charge is 2.17. The average Bonchev–Trinajstić information content (AvgIpc) is 2.98. The molecular weight excluding hydrogens is 270 g/mol. The van der Waals surface area contributed by atoms with Crippen LogP contribution in [0.25, 0.3) is 0 Å². The number of anilines is 2. The van der Waals surface area contributed by atoms with Crippen molar-refractivity contribution in [2.45, 2.75) is 51.1 Å². The third-order valence-corrected chi connectivity index (χ3v) is 4.24. The van der Waals surface area contributed by atoms with Crippen LogP contribution in [0.2, 0.25) is 0 Å². The predicted molar refractivity (Wildman–Crippen MR) is 85.7 cm³/mol. The molecule has 2 rings (SSSR count). The van der Waals surface area contributed by atoms with Crippen LogP contribution < -0.4 is 10.2 Å². The van der Waals surface area contributed by atoms with E-state index in [2.05, 4.69) is 39.0 Å². The van der Waals surface area contributed by atoms with Crippen LogP contribution in [0.15, 0.2) is 5.16 Å². The monoisotopic (exact) mass is 295 g/mol. The summed E-state index contributed by atoms with van der Waals surface area (Å²) < 4.78 is 0. The number of rotatable bonds is 8. The fourth-order valence-corrected chi connectivity index (χ4v) is 3.05. The SMILES string of the molecule is CCCCCSc1nc(NCC)nc(N2CCCC2)n1. The fraction of sp³-hybridized carbons (Fsp3) is 0.786. The Labute approximate surface area is 126 Å². The van der Waals surface area contributed by atoms with Crippen LogP contribution in [0, 0.1) is 0 Å². The lowest BCUT2D eigenvalue weighted by molar-refractivity contribution is 0.775. The van der Waals surface area contributed by atoms with E-state index < -0.39 is 0 Å². The molecule has 0 aromatic carbocycles. The number of hydrogen-bond acceptors (Lipinski definition) is 6. The topological polar surface area (TPSA) is 53.9 Å². The van der Waals surface area contributed by atoms with Gasteiger partial charge in [0.15, 0.2) is 5.16 Å². The normalized spacial score (nSPS) is 14.8. The molecule has 0 unspecified atom stereocenters. The van der Waals surface area contributed by atoms with Gasteiger partial charge in [0.2, 0.25) is 11.9 Å². The summed E-state index contributed by atoms with van der Waals surface area (Å²) in [6.07, 6.45) is 6.22. The molecule has 20 heavy (non-hydrogen) atoms. The molecule has 0 radical (unpaired) electrons. The van der Waals surface area contributed by atoms with Crippen molar-refractivity contribution in [3.63, 3.8) is 0 Å². The van der Waals surface area contributed by atoms with Crippen LogP contribution in [0.4, 0.5) is 11.9 Å². The molecule has 0 aliphatic carbocycles. The molecule has 0 spiro atoms. The van der Waals surface area contributed by atoms with Crippen LogP contribution in [-0.4, -0.2) is 40.3 Å². The molecule has 0 bridgehead atoms. The van der Waals surface area contributed by atoms with E-state index >= 15 is 0 Å². The summed E-state index contributed by atoms with van der Waals surface area (Å²) in [5.41, 5.74) is 0. The number of aromatic nitrogens is 3. The minimum atomic E-state index is 0.711. The Balaban J connectivity index is 2.04. The van der Waals surface area contributed by atoms with Crippen LogP contribution in [0.3, 0.4) is 0 Å². The molecule has 0 atom stereocenters. The molecule has 1 N–H and O–H groups in total. The first-order valence-electron chi connectivity index (χ1n) is 7.71. The molecule has 1 fully saturated rings. The van der Waals surface area contributed by atoms with E-state index in [-0.39, 0.29) is 0 Å². The van der Waals surface area contributed by atoms with Crippen molar-refractivity contribution < 1.29 is 0 Å². The van der Waals surface area contributed by atoms with Crippen LogP contribution in [0.1, 0.15) is 46.0 Å². The van der Waals surface area contributed by atoms with Crippen molar-refractivity contribution in [2.75, 3.05) is 35.6 Å². The molecule has 1 aromatic heterocycles. The van der Waals surface area contributed by atoms with E-state index in [0.29, 0.717) is 5.95 Å². The van der Waals surface area contributed by atoms with Crippen molar-refractivity contribution in [1.82, 2.24) is 15.0 Å². The highest BCUT2D eigenvalue weighted by molar-refractivity contribution is 7.99. The van der Waals surface area contributed by atoms with Crippen molar-refractivity contribution in [3.05, 3.63) is 0 Å². The first-order valence-corrected chi connectivity index (χ1v) is 8.69. The zero-order valence-electron chi connectivity index (χ0n) is 12.6. The molecule has 112 valence electrons. The lowest BCUT2D eigenvalue weighted by atomic mass is 10.3. The molecule has 2 heterocycles. The van der Waals surface area contributed by atoms with Gasteiger partial charge >= 0.3 is 0 Å². The van der Waals surface area contributed by atoms with Crippen molar-refractivity contribution >= 4 is 23.7 Å². The summed E-state index contributed by atoms with van der Waals surface area (Å²) >= 11 is 1.74. The summed E-state index contributed by atoms with van der Waals surface area (Å²) in [7, 11) is 0. The molecule has 0 saturated carbocycles. The molecular formula is C14H25N5S. The van der Waals surface area contributed by atoms with Crippen molar-refractivity contribution in [1.29, 1.82) is 0 Å². The minimum Gasteiger partial charge on any atom is -0.354 e. The van der Waals surface area contributed by atoms with E-state index in [1.807, 2.05) is 0 Å². The van der Waals surface area contributed by atoms with Gasteiger partial charge in [-0.2, -0.15) is 15.0 Å². The second kappa shape index (κ2) is 8.29. The van der Waals surface area contributed by atoms with Gasteiger partial charge in [-0.1, -0.05) is 31.5 Å². The van der Waals surface area contributed by atoms with Gasteiger partial charge in [-0.15, -0.1) is 0 Å². The van der Waals surface area contributed by atoms with Crippen molar-refractivity contribution in [3.8, 4) is 0 Å². The second-order valence-electron chi connectivity index (χ2n) is 5.02. The van der Waals surface area contributed by atoms with Gasteiger partial charge in [0, 0.05) is 25.4 Å². The zero-order chi connectivity index (χ0) is 14.2. The van der Waals surface area contributed by atoms with E-state index in [9.17, 15) is 0 Å². The van der Waals surface area contributed by atoms with E-state index in [0.717, 1.165) is 36.5 Å². The highest BCUT2D eigenvalue weighted by Crippen LogP contribution is 2.22. The van der Waals surface area contributed by atoms with Crippen LogP contribution in [0.5, 0.6) is 0 Å². The number of nitrogens with zero attached hydrogens (tertiary/aromatic N) is 4. The van der Waals surface area contributed by atoms with Gasteiger partial charge < -0.3 is 10.2 Å². The molecule has 1 aliphatic heterocycles. The van der Waals surface area contributed by atoms with E-state index in [1.54, 1.807) is 11.8 Å². The Morgan fingerprint density at radius 2 is 1.90 bits per heavy atom. The van der Waals surface area contributed by atoms with Crippen LogP contribution >= 0.6 is 11.8 Å². The summed E-state index contributed by atoms with van der Waals surface area (Å²) in [6.45, 7) is 7.25. The maximum Gasteiger partial charge on any atom is 0.231 e. The zero-order valence-corrected chi connectivity index (χ0v) is 13.4. The van der Waals surface area contributed by atoms with Crippen molar-refractivity contribution in [2.24, 2.45) is 0 Å². The average molecular weight is 295 g/mol. The van der Waals surface area contributed by atoms with Gasteiger partial charge in [0.25, 0.3) is 0 Å². The van der Waals surface area contributed by atoms with Gasteiger partial charge in [-0.3, -0.25) is 0 Å². The summed E-state index contributed by atoms with van der Waals surface area (Å²) in [5.74, 6) is 2.64. The van der Waals surface area contributed by atoms with E-state index in [1.165, 1.54) is 32.1 Å². The Bertz CT molecular complexity index is 407. The van der Waals surface area contributed by atoms with Gasteiger partial charge in [-0.05, 0) is 26.2 Å². The van der Waals surface area contributed by atoms with E-state index in [4.69, 9.17) is 0 Å². The number of hydrogen-bond donors (Lipinski definition) is 1. The smallest absolute Gasteiger partial charge is 0.231 e. The maximum absolute atomic E-state index is 4.62. The molecule has 0 amide bonds. The molecule has 1 aromatic rings. The molecule has 1 saturated heterocycles. The summed E-state index contributed by atoms with van der Waals surface area (Å²) in [4.78, 5) is 15.9. The number of nitrogens with one attached hydrogen (secondary N) is 1. The maximum atomic E-state index is 4.62. The van der Waals surface area contributed by atoms with Gasteiger partial charge in [0.1, 0.15) is 0 Å². The largest absolute Gasteiger partial charge is 0.354 e. The quantitative estimate of drug-likeness (QED) is 0.587. The Hall–Kier alpha value is -1.04. The number of thioether (sulfide) groups is 1.